The molecular weight excluding hydrogens is 284 g/mol. The van der Waals surface area contributed by atoms with Crippen LogP contribution in [0.4, 0.5) is 0 Å². The Labute approximate surface area is 119 Å². The van der Waals surface area contributed by atoms with Crippen molar-refractivity contribution in [2.45, 2.75) is 39.2 Å². The van der Waals surface area contributed by atoms with Gasteiger partial charge in [-0.1, -0.05) is 0 Å². The second-order valence-corrected chi connectivity index (χ2v) is 7.34. The van der Waals surface area contributed by atoms with Crippen LogP contribution in [-0.4, -0.2) is 54.6 Å². The van der Waals surface area contributed by atoms with Crippen molar-refractivity contribution in [2.75, 3.05) is 18.8 Å². The Kier molecular flexibility index (Phi) is 5.94. The number of hydrogen-bond donors (Lipinski definition) is 2. The Morgan fingerprint density at radius 3 is 2.35 bits per heavy atom. The predicted octanol–water partition coefficient (Wildman–Crippen LogP) is 0.0275. The molecule has 1 aliphatic heterocycles. The van der Waals surface area contributed by atoms with Gasteiger partial charge in [0.2, 0.25) is 15.9 Å². The highest BCUT2D eigenvalue weighted by atomic mass is 32.2. The summed E-state index contributed by atoms with van der Waals surface area (Å²) in [5.74, 6) is -1.32. The minimum absolute atomic E-state index is 0.0690. The number of sulfonamides is 1. The number of hydrogen-bond acceptors (Lipinski definition) is 4. The molecule has 1 amide bonds. The SMILES string of the molecule is CCS(=O)(=O)N1CCC(C(=O)NC(C)CC(=O)O)CC1. The first kappa shape index (κ1) is 16.9. The molecule has 8 heteroatoms. The van der Waals surface area contributed by atoms with Crippen molar-refractivity contribution in [3.8, 4) is 0 Å². The Bertz CT molecular complexity index is 454. The van der Waals surface area contributed by atoms with Crippen molar-refractivity contribution in [3.63, 3.8) is 0 Å². The summed E-state index contributed by atoms with van der Waals surface area (Å²) in [4.78, 5) is 22.5. The topological polar surface area (TPSA) is 104 Å². The highest BCUT2D eigenvalue weighted by Crippen LogP contribution is 2.20. The average molecular weight is 306 g/mol. The van der Waals surface area contributed by atoms with Crippen molar-refractivity contribution < 1.29 is 23.1 Å². The lowest BCUT2D eigenvalue weighted by Crippen LogP contribution is -2.45. The third-order valence-corrected chi connectivity index (χ3v) is 5.33. The Morgan fingerprint density at radius 2 is 1.90 bits per heavy atom. The lowest BCUT2D eigenvalue weighted by molar-refractivity contribution is -0.137. The van der Waals surface area contributed by atoms with Crippen LogP contribution >= 0.6 is 0 Å². The first-order chi connectivity index (χ1) is 9.26. The molecule has 1 atom stereocenters. The van der Waals surface area contributed by atoms with E-state index in [0.717, 1.165) is 0 Å². The van der Waals surface area contributed by atoms with Gasteiger partial charge in [-0.25, -0.2) is 12.7 Å². The molecule has 1 fully saturated rings. The summed E-state index contributed by atoms with van der Waals surface area (Å²) in [5.41, 5.74) is 0. The number of rotatable bonds is 6. The fourth-order valence-corrected chi connectivity index (χ4v) is 3.38. The molecule has 1 unspecified atom stereocenters. The Balaban J connectivity index is 2.45. The monoisotopic (exact) mass is 306 g/mol. The molecule has 0 aromatic rings. The van der Waals surface area contributed by atoms with Crippen LogP contribution in [0.1, 0.15) is 33.1 Å². The van der Waals surface area contributed by atoms with E-state index in [0.29, 0.717) is 25.9 Å². The van der Waals surface area contributed by atoms with Gasteiger partial charge in [0.25, 0.3) is 0 Å². The maximum atomic E-state index is 11.9. The number of carboxylic acids is 1. The minimum Gasteiger partial charge on any atom is -0.481 e. The second-order valence-electron chi connectivity index (χ2n) is 5.08. The number of piperidine rings is 1. The lowest BCUT2D eigenvalue weighted by Gasteiger charge is -2.30. The molecule has 7 nitrogen and oxygen atoms in total. The molecule has 0 aromatic carbocycles. The summed E-state index contributed by atoms with van der Waals surface area (Å²) in [5, 5.41) is 11.3. The van der Waals surface area contributed by atoms with Crippen LogP contribution in [0, 0.1) is 5.92 Å². The number of carbonyl (C=O) groups excluding carboxylic acids is 1. The van der Waals surface area contributed by atoms with Crippen LogP contribution in [0.25, 0.3) is 0 Å². The summed E-state index contributed by atoms with van der Waals surface area (Å²) >= 11 is 0. The van der Waals surface area contributed by atoms with E-state index in [1.165, 1.54) is 4.31 Å². The van der Waals surface area contributed by atoms with Gasteiger partial charge in [0.1, 0.15) is 0 Å². The van der Waals surface area contributed by atoms with Crippen LogP contribution in [0.5, 0.6) is 0 Å². The number of aliphatic carboxylic acids is 1. The molecule has 0 spiro atoms. The molecule has 20 heavy (non-hydrogen) atoms. The fraction of sp³-hybridized carbons (Fsp3) is 0.833. The maximum absolute atomic E-state index is 11.9. The molecule has 116 valence electrons. The summed E-state index contributed by atoms with van der Waals surface area (Å²) < 4.78 is 24.8. The Hall–Kier alpha value is -1.15. The van der Waals surface area contributed by atoms with Crippen molar-refractivity contribution >= 4 is 21.9 Å². The lowest BCUT2D eigenvalue weighted by atomic mass is 9.97. The highest BCUT2D eigenvalue weighted by Gasteiger charge is 2.30. The minimum atomic E-state index is -3.19. The molecule has 2 N–H and O–H groups in total. The maximum Gasteiger partial charge on any atom is 0.305 e. The summed E-state index contributed by atoms with van der Waals surface area (Å²) in [7, 11) is -3.19. The van der Waals surface area contributed by atoms with E-state index in [1.54, 1.807) is 13.8 Å². The largest absolute Gasteiger partial charge is 0.481 e. The predicted molar refractivity (Wildman–Crippen MR) is 73.6 cm³/mol. The number of nitrogens with zero attached hydrogens (tertiary/aromatic N) is 1. The number of nitrogens with one attached hydrogen (secondary N) is 1. The van der Waals surface area contributed by atoms with Gasteiger partial charge in [0.15, 0.2) is 0 Å². The molecule has 1 aliphatic rings. The summed E-state index contributed by atoms with van der Waals surface area (Å²) in [6.07, 6.45) is 0.838. The third kappa shape index (κ3) is 4.75. The van der Waals surface area contributed by atoms with Crippen LogP contribution in [0.2, 0.25) is 0 Å². The normalized spacial score (nSPS) is 19.5. The molecule has 0 saturated carbocycles. The van der Waals surface area contributed by atoms with Crippen molar-refractivity contribution in [2.24, 2.45) is 5.92 Å². The molecule has 0 radical (unpaired) electrons. The van der Waals surface area contributed by atoms with Gasteiger partial charge in [-0.2, -0.15) is 0 Å². The van der Waals surface area contributed by atoms with E-state index in [1.807, 2.05) is 0 Å². The van der Waals surface area contributed by atoms with E-state index in [4.69, 9.17) is 5.11 Å². The smallest absolute Gasteiger partial charge is 0.305 e. The zero-order chi connectivity index (χ0) is 15.3. The highest BCUT2D eigenvalue weighted by molar-refractivity contribution is 7.89. The van der Waals surface area contributed by atoms with Crippen molar-refractivity contribution in [1.29, 1.82) is 0 Å². The van der Waals surface area contributed by atoms with Crippen LogP contribution in [0.3, 0.4) is 0 Å². The van der Waals surface area contributed by atoms with Gasteiger partial charge in [-0.15, -0.1) is 0 Å². The van der Waals surface area contributed by atoms with Gasteiger partial charge in [0.05, 0.1) is 12.2 Å². The summed E-state index contributed by atoms with van der Waals surface area (Å²) in [6, 6.07) is -0.419. The average Bonchev–Trinajstić information content (AvgIpc) is 2.37. The molecule has 1 heterocycles. The van der Waals surface area contributed by atoms with Gasteiger partial charge in [-0.05, 0) is 26.7 Å². The number of amides is 1. The first-order valence-corrected chi connectivity index (χ1v) is 8.37. The molecular formula is C12H22N2O5S. The van der Waals surface area contributed by atoms with Crippen LogP contribution in [-0.2, 0) is 19.6 Å². The van der Waals surface area contributed by atoms with E-state index >= 15 is 0 Å². The number of carboxylic acid groups (broad SMARTS) is 1. The second kappa shape index (κ2) is 7.03. The van der Waals surface area contributed by atoms with E-state index in [2.05, 4.69) is 5.32 Å². The van der Waals surface area contributed by atoms with Crippen molar-refractivity contribution in [1.82, 2.24) is 9.62 Å². The van der Waals surface area contributed by atoms with Crippen molar-refractivity contribution in [3.05, 3.63) is 0 Å². The Morgan fingerprint density at radius 1 is 1.35 bits per heavy atom. The molecule has 0 aliphatic carbocycles. The first-order valence-electron chi connectivity index (χ1n) is 6.76. The standard InChI is InChI=1S/C12H22N2O5S/c1-3-20(18,19)14-6-4-10(5-7-14)12(17)13-9(2)8-11(15)16/h9-10H,3-8H2,1-2H3,(H,13,17)(H,15,16). The zero-order valence-electron chi connectivity index (χ0n) is 11.8. The number of carbonyl (C=O) groups is 2. The molecule has 1 rings (SSSR count). The summed E-state index contributed by atoms with van der Waals surface area (Å²) in [6.45, 7) is 3.94. The van der Waals surface area contributed by atoms with E-state index < -0.39 is 22.0 Å². The van der Waals surface area contributed by atoms with Gasteiger partial charge < -0.3 is 10.4 Å². The van der Waals surface area contributed by atoms with Gasteiger partial charge in [0, 0.05) is 25.0 Å². The third-order valence-electron chi connectivity index (χ3n) is 3.45. The quantitative estimate of drug-likeness (QED) is 0.720. The van der Waals surface area contributed by atoms with Crippen LogP contribution in [0.15, 0.2) is 0 Å². The van der Waals surface area contributed by atoms with E-state index in [-0.39, 0.29) is 24.0 Å². The van der Waals surface area contributed by atoms with Gasteiger partial charge >= 0.3 is 5.97 Å². The fourth-order valence-electron chi connectivity index (χ4n) is 2.25. The molecule has 0 bridgehead atoms. The molecule has 1 saturated heterocycles. The van der Waals surface area contributed by atoms with Crippen LogP contribution < -0.4 is 5.32 Å². The molecule has 0 aromatic heterocycles. The zero-order valence-corrected chi connectivity index (χ0v) is 12.6. The van der Waals surface area contributed by atoms with Gasteiger partial charge in [-0.3, -0.25) is 9.59 Å². The van der Waals surface area contributed by atoms with E-state index in [9.17, 15) is 18.0 Å².